The summed E-state index contributed by atoms with van der Waals surface area (Å²) in [4.78, 5) is 17.7. The van der Waals surface area contributed by atoms with Crippen molar-refractivity contribution in [1.82, 2.24) is 15.2 Å². The van der Waals surface area contributed by atoms with Crippen molar-refractivity contribution in [2.24, 2.45) is 0 Å². The van der Waals surface area contributed by atoms with Gasteiger partial charge in [0.15, 0.2) is 0 Å². The summed E-state index contributed by atoms with van der Waals surface area (Å²) >= 11 is 0. The predicted octanol–water partition coefficient (Wildman–Crippen LogP) is 1.25. The molecule has 0 aliphatic rings. The predicted molar refractivity (Wildman–Crippen MR) is 65.6 cm³/mol. The molecule has 1 rings (SSSR count). The average molecular weight is 239 g/mol. The molecule has 0 spiro atoms. The van der Waals surface area contributed by atoms with Crippen LogP contribution in [0.15, 0.2) is 4.42 Å². The molecule has 0 bridgehead atoms. The van der Waals surface area contributed by atoms with E-state index in [0.717, 1.165) is 11.5 Å². The van der Waals surface area contributed by atoms with Gasteiger partial charge in [-0.15, -0.1) is 0 Å². The SMILES string of the molecule is Cc1nc(CNC(C)(C)C(=O)N(C)C)oc1C. The number of hydrogen-bond donors (Lipinski definition) is 1. The Morgan fingerprint density at radius 3 is 2.41 bits per heavy atom. The summed E-state index contributed by atoms with van der Waals surface area (Å²) in [6.45, 7) is 7.91. The maximum absolute atomic E-state index is 11.9. The van der Waals surface area contributed by atoms with Gasteiger partial charge in [0.25, 0.3) is 0 Å². The zero-order valence-electron chi connectivity index (χ0n) is 11.4. The minimum absolute atomic E-state index is 0.0255. The van der Waals surface area contributed by atoms with Crippen LogP contribution in [0.3, 0.4) is 0 Å². The Balaban J connectivity index is 2.64. The molecule has 5 heteroatoms. The highest BCUT2D eigenvalue weighted by molar-refractivity contribution is 5.84. The molecule has 1 heterocycles. The van der Waals surface area contributed by atoms with E-state index in [4.69, 9.17) is 4.42 Å². The van der Waals surface area contributed by atoms with Gasteiger partial charge in [0.05, 0.1) is 17.8 Å². The van der Waals surface area contributed by atoms with Crippen molar-refractivity contribution in [3.8, 4) is 0 Å². The number of carbonyl (C=O) groups excluding carboxylic acids is 1. The summed E-state index contributed by atoms with van der Waals surface area (Å²) in [6, 6.07) is 0. The van der Waals surface area contributed by atoms with Crippen molar-refractivity contribution in [3.63, 3.8) is 0 Å². The molecule has 0 unspecified atom stereocenters. The van der Waals surface area contributed by atoms with E-state index in [1.165, 1.54) is 0 Å². The van der Waals surface area contributed by atoms with Gasteiger partial charge in [-0.25, -0.2) is 4.98 Å². The highest BCUT2D eigenvalue weighted by Gasteiger charge is 2.28. The van der Waals surface area contributed by atoms with Crippen LogP contribution in [0.25, 0.3) is 0 Å². The largest absolute Gasteiger partial charge is 0.444 e. The molecule has 0 saturated heterocycles. The fourth-order valence-corrected chi connectivity index (χ4v) is 1.55. The number of nitrogens with one attached hydrogen (secondary N) is 1. The standard InChI is InChI=1S/C12H21N3O2/c1-8-9(2)17-10(14-8)7-13-12(3,4)11(16)15(5)6/h13H,7H2,1-6H3. The number of nitrogens with zero attached hydrogens (tertiary/aromatic N) is 2. The Kier molecular flexibility index (Phi) is 3.93. The minimum atomic E-state index is -0.625. The van der Waals surface area contributed by atoms with Gasteiger partial charge in [0.2, 0.25) is 11.8 Å². The monoisotopic (exact) mass is 239 g/mol. The molecule has 1 amide bonds. The Morgan fingerprint density at radius 2 is 2.00 bits per heavy atom. The molecule has 17 heavy (non-hydrogen) atoms. The zero-order valence-corrected chi connectivity index (χ0v) is 11.4. The molecule has 0 aliphatic carbocycles. The first-order valence-corrected chi connectivity index (χ1v) is 5.63. The van der Waals surface area contributed by atoms with Gasteiger partial charge < -0.3 is 9.32 Å². The Morgan fingerprint density at radius 1 is 1.41 bits per heavy atom. The number of amides is 1. The van der Waals surface area contributed by atoms with Gasteiger partial charge in [0.1, 0.15) is 5.76 Å². The molecular formula is C12H21N3O2. The van der Waals surface area contributed by atoms with Crippen LogP contribution in [0.2, 0.25) is 0 Å². The van der Waals surface area contributed by atoms with Crippen LogP contribution in [-0.4, -0.2) is 35.4 Å². The lowest BCUT2D eigenvalue weighted by Gasteiger charge is -2.27. The van der Waals surface area contributed by atoms with Crippen LogP contribution >= 0.6 is 0 Å². The van der Waals surface area contributed by atoms with Gasteiger partial charge in [0, 0.05) is 14.1 Å². The minimum Gasteiger partial charge on any atom is -0.444 e. The molecule has 0 atom stereocenters. The summed E-state index contributed by atoms with van der Waals surface area (Å²) in [5.41, 5.74) is 0.262. The van der Waals surface area contributed by atoms with Crippen LogP contribution in [0.5, 0.6) is 0 Å². The third kappa shape index (κ3) is 3.30. The van der Waals surface area contributed by atoms with Crippen molar-refractivity contribution < 1.29 is 9.21 Å². The first-order valence-electron chi connectivity index (χ1n) is 5.63. The number of rotatable bonds is 4. The van der Waals surface area contributed by atoms with Crippen molar-refractivity contribution >= 4 is 5.91 Å². The maximum Gasteiger partial charge on any atom is 0.241 e. The van der Waals surface area contributed by atoms with Crippen molar-refractivity contribution in [2.75, 3.05) is 14.1 Å². The lowest BCUT2D eigenvalue weighted by molar-refractivity contribution is -0.134. The average Bonchev–Trinajstić information content (AvgIpc) is 2.54. The number of aromatic nitrogens is 1. The van der Waals surface area contributed by atoms with Gasteiger partial charge in [-0.1, -0.05) is 0 Å². The van der Waals surface area contributed by atoms with Crippen molar-refractivity contribution in [2.45, 2.75) is 39.8 Å². The van der Waals surface area contributed by atoms with E-state index in [1.807, 2.05) is 27.7 Å². The van der Waals surface area contributed by atoms with Gasteiger partial charge >= 0.3 is 0 Å². The summed E-state index contributed by atoms with van der Waals surface area (Å²) in [7, 11) is 3.48. The molecule has 0 aromatic carbocycles. The van der Waals surface area contributed by atoms with Gasteiger partial charge in [-0.05, 0) is 27.7 Å². The molecule has 5 nitrogen and oxygen atoms in total. The fourth-order valence-electron chi connectivity index (χ4n) is 1.55. The molecule has 1 aromatic rings. The van der Waals surface area contributed by atoms with Crippen molar-refractivity contribution in [3.05, 3.63) is 17.3 Å². The molecule has 1 N–H and O–H groups in total. The normalized spacial score (nSPS) is 11.6. The van der Waals surface area contributed by atoms with Crippen LogP contribution in [0.1, 0.15) is 31.2 Å². The van der Waals surface area contributed by atoms with E-state index < -0.39 is 5.54 Å². The molecule has 96 valence electrons. The van der Waals surface area contributed by atoms with E-state index in [1.54, 1.807) is 19.0 Å². The van der Waals surface area contributed by atoms with E-state index >= 15 is 0 Å². The summed E-state index contributed by atoms with van der Waals surface area (Å²) in [5, 5.41) is 3.15. The fraction of sp³-hybridized carbons (Fsp3) is 0.667. The highest BCUT2D eigenvalue weighted by Crippen LogP contribution is 2.11. The number of hydrogen-bond acceptors (Lipinski definition) is 4. The molecule has 1 aromatic heterocycles. The van der Waals surface area contributed by atoms with E-state index in [0.29, 0.717) is 12.4 Å². The van der Waals surface area contributed by atoms with Crippen LogP contribution < -0.4 is 5.32 Å². The number of carbonyl (C=O) groups is 1. The summed E-state index contributed by atoms with van der Waals surface area (Å²) in [5.74, 6) is 1.45. The third-order valence-corrected chi connectivity index (χ3v) is 2.70. The smallest absolute Gasteiger partial charge is 0.241 e. The van der Waals surface area contributed by atoms with E-state index in [-0.39, 0.29) is 5.91 Å². The molecular weight excluding hydrogens is 218 g/mol. The number of likely N-dealkylation sites (N-methyl/N-ethyl adjacent to an activating group) is 1. The molecule has 0 aliphatic heterocycles. The second-order valence-corrected chi connectivity index (χ2v) is 4.93. The Bertz CT molecular complexity index is 388. The lowest BCUT2D eigenvalue weighted by Crippen LogP contribution is -2.51. The van der Waals surface area contributed by atoms with E-state index in [9.17, 15) is 4.79 Å². The maximum atomic E-state index is 11.9. The van der Waals surface area contributed by atoms with Gasteiger partial charge in [-0.3, -0.25) is 10.1 Å². The second kappa shape index (κ2) is 4.87. The quantitative estimate of drug-likeness (QED) is 0.859. The molecule has 0 radical (unpaired) electrons. The third-order valence-electron chi connectivity index (χ3n) is 2.70. The Labute approximate surface area is 102 Å². The van der Waals surface area contributed by atoms with E-state index in [2.05, 4.69) is 10.3 Å². The van der Waals surface area contributed by atoms with Crippen LogP contribution in [0.4, 0.5) is 0 Å². The number of oxazole rings is 1. The Hall–Kier alpha value is -1.36. The van der Waals surface area contributed by atoms with Crippen molar-refractivity contribution in [1.29, 1.82) is 0 Å². The van der Waals surface area contributed by atoms with Crippen LogP contribution in [0, 0.1) is 13.8 Å². The highest BCUT2D eigenvalue weighted by atomic mass is 16.4. The van der Waals surface area contributed by atoms with Gasteiger partial charge in [-0.2, -0.15) is 0 Å². The summed E-state index contributed by atoms with van der Waals surface area (Å²) in [6.07, 6.45) is 0. The van der Waals surface area contributed by atoms with Crippen LogP contribution in [-0.2, 0) is 11.3 Å². The second-order valence-electron chi connectivity index (χ2n) is 4.93. The first-order chi connectivity index (χ1) is 7.74. The first kappa shape index (κ1) is 13.7. The molecule has 0 saturated carbocycles. The summed E-state index contributed by atoms with van der Waals surface area (Å²) < 4.78 is 5.45. The topological polar surface area (TPSA) is 58.4 Å². The number of aryl methyl sites for hydroxylation is 2. The zero-order chi connectivity index (χ0) is 13.2. The lowest BCUT2D eigenvalue weighted by atomic mass is 10.0. The molecule has 0 fully saturated rings.